The third-order valence-corrected chi connectivity index (χ3v) is 4.80. The Labute approximate surface area is 173 Å². The monoisotopic (exact) mass is 405 g/mol. The number of nitrogens with one attached hydrogen (secondary N) is 2. The maximum atomic E-state index is 13.6. The number of carbonyl (C=O) groups is 1. The Morgan fingerprint density at radius 1 is 1.43 bits per heavy atom. The van der Waals surface area contributed by atoms with Gasteiger partial charge in [0, 0.05) is 19.1 Å². The average molecular weight is 405 g/mol. The molecule has 0 saturated carbocycles. The summed E-state index contributed by atoms with van der Waals surface area (Å²) >= 11 is 0. The van der Waals surface area contributed by atoms with Crippen molar-refractivity contribution in [2.24, 2.45) is 0 Å². The van der Waals surface area contributed by atoms with Crippen molar-refractivity contribution in [3.63, 3.8) is 0 Å². The number of para-hydroxylation sites is 1. The topological polar surface area (TPSA) is 83.1 Å². The number of fused-ring (bicyclic) bond motifs is 1. The first-order valence-corrected chi connectivity index (χ1v) is 9.52. The summed E-state index contributed by atoms with van der Waals surface area (Å²) in [6.07, 6.45) is 3.63. The minimum absolute atomic E-state index is 0.0579. The van der Waals surface area contributed by atoms with Crippen LogP contribution in [0.1, 0.15) is 12.1 Å². The molecule has 4 rings (SSSR count). The van der Waals surface area contributed by atoms with Crippen molar-refractivity contribution < 1.29 is 13.9 Å². The lowest BCUT2D eigenvalue weighted by molar-refractivity contribution is -0.125. The third-order valence-electron chi connectivity index (χ3n) is 4.80. The van der Waals surface area contributed by atoms with Crippen LogP contribution >= 0.6 is 0 Å². The first-order valence-electron chi connectivity index (χ1n) is 9.52. The molecule has 1 aliphatic rings. The smallest absolute Gasteiger partial charge is 0.246 e. The minimum Gasteiger partial charge on any atom is -0.478 e. The highest BCUT2D eigenvalue weighted by atomic mass is 19.1. The number of rotatable bonds is 5. The molecule has 1 fully saturated rings. The van der Waals surface area contributed by atoms with Crippen LogP contribution in [0.25, 0.3) is 11.0 Å². The van der Waals surface area contributed by atoms with E-state index in [1.165, 1.54) is 18.5 Å². The molecule has 1 atom stereocenters. The van der Waals surface area contributed by atoms with Crippen LogP contribution in [0.15, 0.2) is 49.3 Å². The third kappa shape index (κ3) is 4.25. The van der Waals surface area contributed by atoms with Gasteiger partial charge in [-0.2, -0.15) is 0 Å². The summed E-state index contributed by atoms with van der Waals surface area (Å²) in [4.78, 5) is 25.2. The number of aromatic nitrogens is 3. The van der Waals surface area contributed by atoms with Crippen LogP contribution in [0.5, 0.6) is 5.75 Å². The molecule has 7 nitrogen and oxygen atoms in total. The molecule has 0 spiro atoms. The van der Waals surface area contributed by atoms with Crippen molar-refractivity contribution in [2.75, 3.05) is 25.0 Å². The molecule has 3 heterocycles. The summed E-state index contributed by atoms with van der Waals surface area (Å²) in [7, 11) is 0. The van der Waals surface area contributed by atoms with Crippen molar-refractivity contribution in [3.05, 3.63) is 60.8 Å². The lowest BCUT2D eigenvalue weighted by Gasteiger charge is -2.15. The number of H-pyrrole nitrogens is 1. The number of halogens is 1. The first-order chi connectivity index (χ1) is 14.6. The van der Waals surface area contributed by atoms with Crippen LogP contribution in [-0.4, -0.2) is 51.5 Å². The highest BCUT2D eigenvalue weighted by Crippen LogP contribution is 2.23. The van der Waals surface area contributed by atoms with Gasteiger partial charge in [-0.05, 0) is 36.6 Å². The maximum absolute atomic E-state index is 13.6. The second-order valence-electron chi connectivity index (χ2n) is 6.81. The summed E-state index contributed by atoms with van der Waals surface area (Å²) in [6, 6.07) is 8.16. The summed E-state index contributed by atoms with van der Waals surface area (Å²) in [6.45, 7) is 4.87. The van der Waals surface area contributed by atoms with Crippen molar-refractivity contribution in [1.82, 2.24) is 19.9 Å². The fourth-order valence-corrected chi connectivity index (χ4v) is 3.33. The number of aromatic amines is 1. The molecule has 30 heavy (non-hydrogen) atoms. The Hall–Kier alpha value is -3.86. The minimum atomic E-state index is -0.420. The predicted octanol–water partition coefficient (Wildman–Crippen LogP) is 2.73. The lowest BCUT2D eigenvalue weighted by Crippen LogP contribution is -2.30. The van der Waals surface area contributed by atoms with Gasteiger partial charge in [0.1, 0.15) is 24.4 Å². The SMILES string of the molecule is C=CC(=O)N1CC[C@@H](Nc2ncnc3[nH]c(C#CCOc4ccccc4F)cc23)C1. The average Bonchev–Trinajstić information content (AvgIpc) is 3.39. The largest absolute Gasteiger partial charge is 0.478 e. The van der Waals surface area contributed by atoms with Crippen LogP contribution < -0.4 is 10.1 Å². The van der Waals surface area contributed by atoms with E-state index in [2.05, 4.69) is 38.7 Å². The zero-order valence-corrected chi connectivity index (χ0v) is 16.2. The fraction of sp³-hybridized carbons (Fsp3) is 0.227. The van der Waals surface area contributed by atoms with Gasteiger partial charge in [-0.3, -0.25) is 4.79 Å². The van der Waals surface area contributed by atoms with Gasteiger partial charge >= 0.3 is 0 Å². The molecule has 0 bridgehead atoms. The number of nitrogens with zero attached hydrogens (tertiary/aromatic N) is 3. The normalized spacial score (nSPS) is 15.5. The van der Waals surface area contributed by atoms with Crippen LogP contribution in [-0.2, 0) is 4.79 Å². The number of amides is 1. The zero-order valence-electron chi connectivity index (χ0n) is 16.2. The molecule has 2 aromatic heterocycles. The molecule has 0 radical (unpaired) electrons. The molecule has 1 aromatic carbocycles. The van der Waals surface area contributed by atoms with E-state index in [0.29, 0.717) is 30.2 Å². The Morgan fingerprint density at radius 3 is 3.13 bits per heavy atom. The Bertz CT molecular complexity index is 1150. The Balaban J connectivity index is 1.43. The van der Waals surface area contributed by atoms with Gasteiger partial charge in [-0.15, -0.1) is 0 Å². The van der Waals surface area contributed by atoms with Crippen LogP contribution in [0.4, 0.5) is 10.2 Å². The molecule has 0 unspecified atom stereocenters. The number of benzene rings is 1. The Kier molecular flexibility index (Phi) is 5.61. The van der Waals surface area contributed by atoms with Gasteiger partial charge in [0.15, 0.2) is 11.6 Å². The second kappa shape index (κ2) is 8.66. The van der Waals surface area contributed by atoms with Gasteiger partial charge in [0.2, 0.25) is 5.91 Å². The molecule has 2 N–H and O–H groups in total. The number of likely N-dealkylation sites (tertiary alicyclic amines) is 1. The molecule has 1 aliphatic heterocycles. The van der Waals surface area contributed by atoms with Gasteiger partial charge in [-0.1, -0.05) is 24.6 Å². The van der Waals surface area contributed by atoms with E-state index in [0.717, 1.165) is 11.8 Å². The predicted molar refractivity (Wildman–Crippen MR) is 111 cm³/mol. The highest BCUT2D eigenvalue weighted by molar-refractivity contribution is 5.89. The fourth-order valence-electron chi connectivity index (χ4n) is 3.33. The molecule has 1 saturated heterocycles. The summed E-state index contributed by atoms with van der Waals surface area (Å²) in [5, 5.41) is 4.20. The van der Waals surface area contributed by atoms with E-state index in [1.807, 2.05) is 6.07 Å². The van der Waals surface area contributed by atoms with E-state index in [1.54, 1.807) is 23.1 Å². The standard InChI is InChI=1S/C22H20FN5O2/c1-2-20(29)28-10-9-16(13-28)27-22-17-12-15(26-21(17)24-14-25-22)6-5-11-30-19-8-4-3-7-18(19)23/h2-4,7-8,12,14,16H,1,9-11,13H2,(H2,24,25,26,27)/t16-/m1/s1. The molecular formula is C22H20FN5O2. The van der Waals surface area contributed by atoms with Gasteiger partial charge in [0.05, 0.1) is 11.1 Å². The molecular weight excluding hydrogens is 385 g/mol. The van der Waals surface area contributed by atoms with Crippen molar-refractivity contribution in [1.29, 1.82) is 0 Å². The number of anilines is 1. The van der Waals surface area contributed by atoms with Crippen LogP contribution in [0.2, 0.25) is 0 Å². The quantitative estimate of drug-likeness (QED) is 0.504. The van der Waals surface area contributed by atoms with Gasteiger partial charge in [-0.25, -0.2) is 14.4 Å². The number of carbonyl (C=O) groups excluding carboxylic acids is 1. The molecule has 1 amide bonds. The number of ether oxygens (including phenoxy) is 1. The highest BCUT2D eigenvalue weighted by Gasteiger charge is 2.25. The van der Waals surface area contributed by atoms with Crippen LogP contribution in [0.3, 0.4) is 0 Å². The summed E-state index contributed by atoms with van der Waals surface area (Å²) in [5.74, 6) is 6.19. The zero-order chi connectivity index (χ0) is 20.9. The second-order valence-corrected chi connectivity index (χ2v) is 6.81. The summed E-state index contributed by atoms with van der Waals surface area (Å²) < 4.78 is 18.9. The van der Waals surface area contributed by atoms with Gasteiger partial charge in [0.25, 0.3) is 0 Å². The van der Waals surface area contributed by atoms with E-state index < -0.39 is 5.82 Å². The van der Waals surface area contributed by atoms with Crippen molar-refractivity contribution in [2.45, 2.75) is 12.5 Å². The molecule has 152 valence electrons. The van der Waals surface area contributed by atoms with Crippen molar-refractivity contribution >= 4 is 22.8 Å². The first kappa shape index (κ1) is 19.5. The maximum Gasteiger partial charge on any atom is 0.246 e. The summed E-state index contributed by atoms with van der Waals surface area (Å²) in [5.41, 5.74) is 1.31. The molecule has 0 aliphatic carbocycles. The van der Waals surface area contributed by atoms with E-state index in [-0.39, 0.29) is 24.3 Å². The Morgan fingerprint density at radius 2 is 2.30 bits per heavy atom. The number of hydrogen-bond donors (Lipinski definition) is 2. The van der Waals surface area contributed by atoms with E-state index in [9.17, 15) is 9.18 Å². The van der Waals surface area contributed by atoms with Gasteiger partial charge < -0.3 is 19.9 Å². The number of hydrogen-bond acceptors (Lipinski definition) is 5. The lowest BCUT2D eigenvalue weighted by atomic mass is 10.2. The van der Waals surface area contributed by atoms with E-state index >= 15 is 0 Å². The van der Waals surface area contributed by atoms with Crippen LogP contribution in [0, 0.1) is 17.7 Å². The molecule has 3 aromatic rings. The van der Waals surface area contributed by atoms with Crippen molar-refractivity contribution in [3.8, 4) is 17.6 Å². The van der Waals surface area contributed by atoms with E-state index in [4.69, 9.17) is 4.74 Å². The molecule has 8 heteroatoms.